The summed E-state index contributed by atoms with van der Waals surface area (Å²) in [5, 5.41) is 0. The van der Waals surface area contributed by atoms with Crippen molar-refractivity contribution in [3.8, 4) is 0 Å². The summed E-state index contributed by atoms with van der Waals surface area (Å²) in [6, 6.07) is 0.348. The highest BCUT2D eigenvalue weighted by Crippen LogP contribution is 2.17. The van der Waals surface area contributed by atoms with Gasteiger partial charge in [0.2, 0.25) is 0 Å². The minimum atomic E-state index is 0.348. The van der Waals surface area contributed by atoms with Crippen molar-refractivity contribution in [3.05, 3.63) is 24.0 Å². The highest BCUT2D eigenvalue weighted by atomic mass is 16.5. The maximum Gasteiger partial charge on any atom is 0.0637 e. The molecule has 90 valence electrons. The monoisotopic (exact) mass is 223 g/mol. The van der Waals surface area contributed by atoms with E-state index in [0.717, 1.165) is 39.2 Å². The zero-order chi connectivity index (χ0) is 11.4. The van der Waals surface area contributed by atoms with Crippen molar-refractivity contribution < 1.29 is 4.74 Å². The van der Waals surface area contributed by atoms with Crippen molar-refractivity contribution in [2.75, 3.05) is 39.9 Å². The van der Waals surface area contributed by atoms with Gasteiger partial charge in [-0.05, 0) is 18.6 Å². The Hall–Kier alpha value is -1.00. The normalized spacial score (nSPS) is 25.1. The molecular weight excluding hydrogens is 202 g/mol. The molecule has 1 atom stereocenters. The third kappa shape index (κ3) is 2.77. The molecule has 2 aliphatic heterocycles. The maximum atomic E-state index is 5.90. The molecule has 4 nitrogen and oxygen atoms in total. The van der Waals surface area contributed by atoms with Crippen LogP contribution < -0.4 is 5.73 Å². The van der Waals surface area contributed by atoms with E-state index in [1.807, 2.05) is 0 Å². The second-order valence-corrected chi connectivity index (χ2v) is 4.43. The third-order valence-corrected chi connectivity index (χ3v) is 3.16. The number of hydrogen-bond donors (Lipinski definition) is 1. The fraction of sp³-hybridized carbons (Fsp3) is 0.667. The van der Waals surface area contributed by atoms with Crippen LogP contribution in [0.25, 0.3) is 0 Å². The number of rotatable bonds is 4. The van der Waals surface area contributed by atoms with Crippen LogP contribution in [0.15, 0.2) is 24.0 Å². The van der Waals surface area contributed by atoms with Crippen LogP contribution in [0.3, 0.4) is 0 Å². The van der Waals surface area contributed by atoms with Gasteiger partial charge in [0.25, 0.3) is 0 Å². The Labute approximate surface area is 97.3 Å². The van der Waals surface area contributed by atoms with Crippen molar-refractivity contribution in [2.45, 2.75) is 12.5 Å². The Kier molecular flexibility index (Phi) is 3.85. The first-order chi connectivity index (χ1) is 7.79. The molecule has 0 aromatic rings. The maximum absolute atomic E-state index is 5.90. The number of methoxy groups -OCH3 is 1. The average molecular weight is 223 g/mol. The fourth-order valence-electron chi connectivity index (χ4n) is 2.15. The lowest BCUT2D eigenvalue weighted by atomic mass is 10.2. The first kappa shape index (κ1) is 11.5. The van der Waals surface area contributed by atoms with Gasteiger partial charge in [0.1, 0.15) is 0 Å². The van der Waals surface area contributed by atoms with E-state index in [1.54, 1.807) is 7.11 Å². The Morgan fingerprint density at radius 2 is 2.44 bits per heavy atom. The zero-order valence-electron chi connectivity index (χ0n) is 9.93. The van der Waals surface area contributed by atoms with Crippen LogP contribution in [0.1, 0.15) is 6.42 Å². The number of allylic oxidation sites excluding steroid dienone is 1. The van der Waals surface area contributed by atoms with Crippen molar-refractivity contribution in [1.29, 1.82) is 0 Å². The van der Waals surface area contributed by atoms with Gasteiger partial charge in [0.15, 0.2) is 0 Å². The Morgan fingerprint density at radius 1 is 1.56 bits per heavy atom. The lowest BCUT2D eigenvalue weighted by molar-refractivity contribution is 0.172. The number of ether oxygens (including phenoxy) is 1. The SMILES string of the molecule is COCCN1C=CC(N2CC[C@@H](N)C2)=CC1. The molecule has 0 spiro atoms. The van der Waals surface area contributed by atoms with E-state index in [2.05, 4.69) is 28.2 Å². The van der Waals surface area contributed by atoms with Crippen LogP contribution in [0.5, 0.6) is 0 Å². The molecule has 0 aliphatic carbocycles. The van der Waals surface area contributed by atoms with Gasteiger partial charge in [-0.25, -0.2) is 0 Å². The summed E-state index contributed by atoms with van der Waals surface area (Å²) < 4.78 is 5.06. The first-order valence-electron chi connectivity index (χ1n) is 5.91. The Morgan fingerprint density at radius 3 is 3.00 bits per heavy atom. The fourth-order valence-corrected chi connectivity index (χ4v) is 2.15. The van der Waals surface area contributed by atoms with Gasteiger partial charge in [-0.2, -0.15) is 0 Å². The molecule has 0 radical (unpaired) electrons. The standard InChI is InChI=1S/C12H21N3O/c1-16-9-8-14-5-3-12(4-6-14)15-7-2-11(13)10-15/h3-5,11H,2,6-10,13H2,1H3/t11-/m1/s1. The highest BCUT2D eigenvalue weighted by Gasteiger charge is 2.20. The minimum Gasteiger partial charge on any atom is -0.383 e. The largest absolute Gasteiger partial charge is 0.383 e. The van der Waals surface area contributed by atoms with E-state index in [4.69, 9.17) is 10.5 Å². The Bertz CT molecular complexity index is 288. The molecule has 0 aromatic heterocycles. The summed E-state index contributed by atoms with van der Waals surface area (Å²) in [5.41, 5.74) is 7.23. The molecule has 1 saturated heterocycles. The quantitative estimate of drug-likeness (QED) is 0.748. The summed E-state index contributed by atoms with van der Waals surface area (Å²) in [5.74, 6) is 0. The van der Waals surface area contributed by atoms with Crippen molar-refractivity contribution >= 4 is 0 Å². The molecule has 16 heavy (non-hydrogen) atoms. The van der Waals surface area contributed by atoms with Crippen molar-refractivity contribution in [1.82, 2.24) is 9.80 Å². The van der Waals surface area contributed by atoms with E-state index < -0.39 is 0 Å². The van der Waals surface area contributed by atoms with Gasteiger partial charge in [-0.1, -0.05) is 0 Å². The molecule has 1 fully saturated rings. The van der Waals surface area contributed by atoms with E-state index in [-0.39, 0.29) is 0 Å². The summed E-state index contributed by atoms with van der Waals surface area (Å²) >= 11 is 0. The lowest BCUT2D eigenvalue weighted by Crippen LogP contribution is -2.29. The molecule has 0 unspecified atom stereocenters. The number of likely N-dealkylation sites (tertiary alicyclic amines) is 1. The van der Waals surface area contributed by atoms with Gasteiger partial charge in [-0.15, -0.1) is 0 Å². The molecule has 2 aliphatic rings. The molecule has 0 saturated carbocycles. The number of hydrogen-bond acceptors (Lipinski definition) is 4. The first-order valence-corrected chi connectivity index (χ1v) is 5.91. The average Bonchev–Trinajstić information content (AvgIpc) is 2.74. The molecule has 2 N–H and O–H groups in total. The van der Waals surface area contributed by atoms with Crippen LogP contribution in [0, 0.1) is 0 Å². The summed E-state index contributed by atoms with van der Waals surface area (Å²) in [4.78, 5) is 4.62. The van der Waals surface area contributed by atoms with Crippen LogP contribution in [0.4, 0.5) is 0 Å². The topological polar surface area (TPSA) is 41.7 Å². The summed E-state index contributed by atoms with van der Waals surface area (Å²) in [7, 11) is 1.74. The molecule has 0 aromatic carbocycles. The second-order valence-electron chi connectivity index (χ2n) is 4.43. The predicted molar refractivity (Wildman–Crippen MR) is 64.8 cm³/mol. The summed E-state index contributed by atoms with van der Waals surface area (Å²) in [6.07, 6.45) is 7.71. The van der Waals surface area contributed by atoms with Gasteiger partial charge in [0.05, 0.1) is 6.61 Å². The smallest absolute Gasteiger partial charge is 0.0637 e. The van der Waals surface area contributed by atoms with Crippen LogP contribution in [-0.2, 0) is 4.74 Å². The minimum absolute atomic E-state index is 0.348. The van der Waals surface area contributed by atoms with E-state index >= 15 is 0 Å². The number of nitrogens with two attached hydrogens (primary N) is 1. The van der Waals surface area contributed by atoms with Gasteiger partial charge < -0.3 is 20.3 Å². The van der Waals surface area contributed by atoms with Gasteiger partial charge >= 0.3 is 0 Å². The van der Waals surface area contributed by atoms with Crippen molar-refractivity contribution in [3.63, 3.8) is 0 Å². The summed E-state index contributed by atoms with van der Waals surface area (Å²) in [6.45, 7) is 4.79. The molecule has 2 heterocycles. The molecule has 0 amide bonds. The molecule has 0 bridgehead atoms. The predicted octanol–water partition coefficient (Wildman–Crippen LogP) is 0.379. The third-order valence-electron chi connectivity index (χ3n) is 3.16. The molecular formula is C12H21N3O. The van der Waals surface area contributed by atoms with E-state index in [9.17, 15) is 0 Å². The van der Waals surface area contributed by atoms with E-state index in [1.165, 1.54) is 5.70 Å². The Balaban J connectivity index is 1.82. The van der Waals surface area contributed by atoms with Gasteiger partial charge in [-0.3, -0.25) is 0 Å². The highest BCUT2D eigenvalue weighted by molar-refractivity contribution is 5.22. The van der Waals surface area contributed by atoms with Gasteiger partial charge in [0, 0.05) is 51.2 Å². The second kappa shape index (κ2) is 5.37. The van der Waals surface area contributed by atoms with Crippen LogP contribution >= 0.6 is 0 Å². The van der Waals surface area contributed by atoms with Crippen LogP contribution in [0.2, 0.25) is 0 Å². The van der Waals surface area contributed by atoms with E-state index in [0.29, 0.717) is 6.04 Å². The zero-order valence-corrected chi connectivity index (χ0v) is 9.93. The molecule has 2 rings (SSSR count). The number of nitrogens with zero attached hydrogens (tertiary/aromatic N) is 2. The van der Waals surface area contributed by atoms with Crippen LogP contribution in [-0.4, -0.2) is 55.7 Å². The lowest BCUT2D eigenvalue weighted by Gasteiger charge is -2.27. The van der Waals surface area contributed by atoms with Crippen molar-refractivity contribution in [2.24, 2.45) is 5.73 Å². The molecule has 4 heteroatoms.